The molecule has 19 heavy (non-hydrogen) atoms. The Balaban J connectivity index is 2.47. The highest BCUT2D eigenvalue weighted by Gasteiger charge is 2.16. The van der Waals surface area contributed by atoms with E-state index in [1.807, 2.05) is 0 Å². The number of Topliss-reactive ketones (excluding diaryl/α,β-unsaturated/α-hetero) is 1. The summed E-state index contributed by atoms with van der Waals surface area (Å²) in [5.41, 5.74) is 0. The Labute approximate surface area is 118 Å². The van der Waals surface area contributed by atoms with Crippen LogP contribution in [-0.4, -0.2) is 24.3 Å². The molecule has 0 spiro atoms. The van der Waals surface area contributed by atoms with Gasteiger partial charge in [0.1, 0.15) is 5.75 Å². The summed E-state index contributed by atoms with van der Waals surface area (Å²) in [6.45, 7) is 5.23. The van der Waals surface area contributed by atoms with Crippen molar-refractivity contribution in [3.05, 3.63) is 29.3 Å². The highest BCUT2D eigenvalue weighted by atomic mass is 35.5. The van der Waals surface area contributed by atoms with Gasteiger partial charge < -0.3 is 10.1 Å². The van der Waals surface area contributed by atoms with Gasteiger partial charge >= 0.3 is 0 Å². The van der Waals surface area contributed by atoms with Crippen molar-refractivity contribution < 1.29 is 14.3 Å². The van der Waals surface area contributed by atoms with Crippen LogP contribution in [0, 0.1) is 5.92 Å². The van der Waals surface area contributed by atoms with Crippen molar-refractivity contribution >= 4 is 23.3 Å². The second-order valence-corrected chi connectivity index (χ2v) is 4.99. The van der Waals surface area contributed by atoms with Crippen LogP contribution in [0.25, 0.3) is 0 Å². The first kappa shape index (κ1) is 15.5. The molecule has 0 heterocycles. The third-order valence-corrected chi connectivity index (χ3v) is 2.79. The first-order valence-corrected chi connectivity index (χ1v) is 6.50. The number of rotatable bonds is 6. The normalized spacial score (nSPS) is 12.1. The zero-order valence-corrected chi connectivity index (χ0v) is 12.0. The van der Waals surface area contributed by atoms with Gasteiger partial charge in [0.2, 0.25) is 0 Å². The lowest BCUT2D eigenvalue weighted by molar-refractivity contribution is -0.130. The molecule has 1 aromatic rings. The fourth-order valence-corrected chi connectivity index (χ4v) is 1.50. The predicted molar refractivity (Wildman–Crippen MR) is 74.4 cm³/mol. The van der Waals surface area contributed by atoms with E-state index < -0.39 is 6.10 Å². The largest absolute Gasteiger partial charge is 0.481 e. The molecule has 0 fully saturated rings. The number of amides is 1. The van der Waals surface area contributed by atoms with Crippen molar-refractivity contribution in [1.82, 2.24) is 5.32 Å². The van der Waals surface area contributed by atoms with Crippen LogP contribution in [0.5, 0.6) is 5.75 Å². The number of carbonyl (C=O) groups excluding carboxylic acids is 2. The minimum atomic E-state index is -0.682. The zero-order chi connectivity index (χ0) is 14.4. The monoisotopic (exact) mass is 283 g/mol. The molecule has 104 valence electrons. The maximum Gasteiger partial charge on any atom is 0.261 e. The lowest BCUT2D eigenvalue weighted by atomic mass is 10.1. The minimum Gasteiger partial charge on any atom is -0.481 e. The summed E-state index contributed by atoms with van der Waals surface area (Å²) in [7, 11) is 0. The van der Waals surface area contributed by atoms with Crippen LogP contribution in [0.4, 0.5) is 0 Å². The van der Waals surface area contributed by atoms with E-state index in [0.717, 1.165) is 0 Å². The lowest BCUT2D eigenvalue weighted by Gasteiger charge is -2.15. The van der Waals surface area contributed by atoms with Crippen LogP contribution in [0.2, 0.25) is 5.02 Å². The minimum absolute atomic E-state index is 0.0108. The maximum atomic E-state index is 11.7. The van der Waals surface area contributed by atoms with Gasteiger partial charge in [0, 0.05) is 10.9 Å². The van der Waals surface area contributed by atoms with E-state index in [0.29, 0.717) is 10.8 Å². The van der Waals surface area contributed by atoms with Gasteiger partial charge in [0.25, 0.3) is 5.91 Å². The van der Waals surface area contributed by atoms with Gasteiger partial charge in [0.05, 0.1) is 6.54 Å². The maximum absolute atomic E-state index is 11.7. The lowest BCUT2D eigenvalue weighted by Crippen LogP contribution is -2.39. The Kier molecular flexibility index (Phi) is 5.83. The molecule has 0 saturated heterocycles. The molecule has 0 bridgehead atoms. The van der Waals surface area contributed by atoms with E-state index in [1.54, 1.807) is 45.0 Å². The predicted octanol–water partition coefficient (Wildman–Crippen LogP) is 2.45. The van der Waals surface area contributed by atoms with Gasteiger partial charge in [-0.25, -0.2) is 0 Å². The van der Waals surface area contributed by atoms with E-state index in [2.05, 4.69) is 5.32 Å². The second-order valence-electron chi connectivity index (χ2n) is 4.56. The molecule has 4 nitrogen and oxygen atoms in total. The second kappa shape index (κ2) is 7.14. The van der Waals surface area contributed by atoms with Crippen molar-refractivity contribution in [2.75, 3.05) is 6.54 Å². The molecule has 1 rings (SSSR count). The summed E-state index contributed by atoms with van der Waals surface area (Å²) < 4.78 is 5.44. The highest BCUT2D eigenvalue weighted by Crippen LogP contribution is 2.18. The van der Waals surface area contributed by atoms with E-state index >= 15 is 0 Å². The molecule has 0 saturated carbocycles. The summed E-state index contributed by atoms with van der Waals surface area (Å²) in [4.78, 5) is 23.1. The molecule has 1 unspecified atom stereocenters. The molecule has 1 amide bonds. The highest BCUT2D eigenvalue weighted by molar-refractivity contribution is 6.30. The van der Waals surface area contributed by atoms with Crippen LogP contribution in [0.15, 0.2) is 24.3 Å². The average Bonchev–Trinajstić information content (AvgIpc) is 2.35. The van der Waals surface area contributed by atoms with Gasteiger partial charge in [-0.2, -0.15) is 0 Å². The van der Waals surface area contributed by atoms with Gasteiger partial charge in [-0.3, -0.25) is 9.59 Å². The molecular weight excluding hydrogens is 266 g/mol. The molecule has 1 N–H and O–H groups in total. The van der Waals surface area contributed by atoms with E-state index in [9.17, 15) is 9.59 Å². The van der Waals surface area contributed by atoms with E-state index in [1.165, 1.54) is 0 Å². The Bertz CT molecular complexity index is 460. The van der Waals surface area contributed by atoms with Gasteiger partial charge in [-0.1, -0.05) is 31.5 Å². The zero-order valence-electron chi connectivity index (χ0n) is 11.3. The molecule has 5 heteroatoms. The Hall–Kier alpha value is -1.55. The summed E-state index contributed by atoms with van der Waals surface area (Å²) in [5, 5.41) is 3.09. The number of carbonyl (C=O) groups is 2. The average molecular weight is 284 g/mol. The number of ketones is 1. The first-order valence-electron chi connectivity index (χ1n) is 6.12. The fraction of sp³-hybridized carbons (Fsp3) is 0.429. The van der Waals surface area contributed by atoms with Crippen LogP contribution >= 0.6 is 11.6 Å². The van der Waals surface area contributed by atoms with E-state index in [4.69, 9.17) is 16.3 Å². The van der Waals surface area contributed by atoms with Crippen LogP contribution in [0.3, 0.4) is 0 Å². The molecule has 1 atom stereocenters. The number of benzene rings is 1. The summed E-state index contributed by atoms with van der Waals surface area (Å²) >= 11 is 5.82. The third-order valence-electron chi connectivity index (χ3n) is 2.56. The van der Waals surface area contributed by atoms with Crippen LogP contribution in [0.1, 0.15) is 20.8 Å². The van der Waals surface area contributed by atoms with E-state index in [-0.39, 0.29) is 24.2 Å². The van der Waals surface area contributed by atoms with Crippen LogP contribution < -0.4 is 10.1 Å². The number of ether oxygens (including phenoxy) is 1. The topological polar surface area (TPSA) is 55.4 Å². The Morgan fingerprint density at radius 2 is 2.00 bits per heavy atom. The standard InChI is InChI=1S/C14H18ClNO3/c1-9(2)13(17)8-16-14(18)10(3)19-12-6-4-5-11(15)7-12/h4-7,9-10H,8H2,1-3H3,(H,16,18). The Morgan fingerprint density at radius 3 is 2.58 bits per heavy atom. The van der Waals surface area contributed by atoms with Gasteiger partial charge in [-0.05, 0) is 25.1 Å². The van der Waals surface area contributed by atoms with Crippen molar-refractivity contribution in [2.24, 2.45) is 5.92 Å². The number of halogens is 1. The molecule has 0 aromatic heterocycles. The molecule has 0 aliphatic carbocycles. The number of hydrogen-bond donors (Lipinski definition) is 1. The fourth-order valence-electron chi connectivity index (χ4n) is 1.32. The van der Waals surface area contributed by atoms with Crippen molar-refractivity contribution in [3.8, 4) is 5.75 Å². The summed E-state index contributed by atoms with van der Waals surface area (Å²) in [6, 6.07) is 6.81. The third kappa shape index (κ3) is 5.30. The van der Waals surface area contributed by atoms with Gasteiger partial charge in [-0.15, -0.1) is 0 Å². The molecule has 0 aliphatic heterocycles. The SMILES string of the molecule is CC(C)C(=O)CNC(=O)C(C)Oc1cccc(Cl)c1. The number of hydrogen-bond acceptors (Lipinski definition) is 3. The molecule has 0 aliphatic rings. The summed E-state index contributed by atoms with van der Waals surface area (Å²) in [5.74, 6) is 0.0899. The van der Waals surface area contributed by atoms with Crippen LogP contribution in [-0.2, 0) is 9.59 Å². The first-order chi connectivity index (χ1) is 8.90. The van der Waals surface area contributed by atoms with Crippen molar-refractivity contribution in [2.45, 2.75) is 26.9 Å². The molecule has 1 aromatic carbocycles. The quantitative estimate of drug-likeness (QED) is 0.872. The smallest absolute Gasteiger partial charge is 0.261 e. The van der Waals surface area contributed by atoms with Gasteiger partial charge in [0.15, 0.2) is 11.9 Å². The summed E-state index contributed by atoms with van der Waals surface area (Å²) in [6.07, 6.45) is -0.682. The molecule has 0 radical (unpaired) electrons. The van der Waals surface area contributed by atoms with Crippen molar-refractivity contribution in [3.63, 3.8) is 0 Å². The Morgan fingerprint density at radius 1 is 1.32 bits per heavy atom. The molecular formula is C14H18ClNO3. The number of nitrogens with one attached hydrogen (secondary N) is 1. The van der Waals surface area contributed by atoms with Crippen molar-refractivity contribution in [1.29, 1.82) is 0 Å².